The second-order valence-electron chi connectivity index (χ2n) is 5.75. The number of amidine groups is 1. The maximum Gasteiger partial charge on any atom is 0.262 e. The third kappa shape index (κ3) is 3.66. The molecule has 0 saturated heterocycles. The highest BCUT2D eigenvalue weighted by Gasteiger charge is 2.24. The van der Waals surface area contributed by atoms with Crippen molar-refractivity contribution < 1.29 is 4.79 Å². The number of nitrogen functional groups attached to an aromatic ring is 1. The predicted molar refractivity (Wildman–Crippen MR) is 111 cm³/mol. The molecule has 0 aliphatic carbocycles. The van der Waals surface area contributed by atoms with Gasteiger partial charge in [0.1, 0.15) is 5.84 Å². The number of thioether (sulfide) groups is 1. The van der Waals surface area contributed by atoms with Gasteiger partial charge in [0.05, 0.1) is 14.8 Å². The molecule has 2 aromatic carbocycles. The minimum Gasteiger partial charge on any atom is -0.383 e. The molecule has 6 heteroatoms. The molecule has 26 heavy (non-hydrogen) atoms. The molecule has 0 fully saturated rings. The van der Waals surface area contributed by atoms with Gasteiger partial charge < -0.3 is 5.73 Å². The molecule has 0 bridgehead atoms. The highest BCUT2D eigenvalue weighted by atomic mass is 32.2. The number of rotatable bonds is 5. The molecule has 132 valence electrons. The van der Waals surface area contributed by atoms with Crippen molar-refractivity contribution in [3.63, 3.8) is 0 Å². The second-order valence-corrected chi connectivity index (χ2v) is 7.87. The quantitative estimate of drug-likeness (QED) is 0.369. The van der Waals surface area contributed by atoms with E-state index in [4.69, 9.17) is 11.1 Å². The minimum absolute atomic E-state index is 0.00701. The number of nitrogens with one attached hydrogen (secondary N) is 1. The van der Waals surface area contributed by atoms with Crippen LogP contribution in [0.15, 0.2) is 64.9 Å². The van der Waals surface area contributed by atoms with E-state index in [0.29, 0.717) is 10.4 Å². The van der Waals surface area contributed by atoms with E-state index in [1.54, 1.807) is 16.7 Å². The largest absolute Gasteiger partial charge is 0.383 e. The van der Waals surface area contributed by atoms with Gasteiger partial charge in [-0.25, -0.2) is 0 Å². The summed E-state index contributed by atoms with van der Waals surface area (Å²) in [6, 6.07) is 18.9. The number of nitrogens with two attached hydrogens (primary N) is 1. The summed E-state index contributed by atoms with van der Waals surface area (Å²) in [7, 11) is 0. The van der Waals surface area contributed by atoms with Gasteiger partial charge in [-0.15, -0.1) is 23.1 Å². The Labute approximate surface area is 161 Å². The number of anilines is 2. The maximum absolute atomic E-state index is 13.4. The highest BCUT2D eigenvalue weighted by Crippen LogP contribution is 2.41. The van der Waals surface area contributed by atoms with Gasteiger partial charge in [0.15, 0.2) is 0 Å². The summed E-state index contributed by atoms with van der Waals surface area (Å²) in [5, 5.41) is 7.74. The van der Waals surface area contributed by atoms with E-state index in [1.807, 2.05) is 73.8 Å². The molecule has 4 nitrogen and oxygen atoms in total. The lowest BCUT2D eigenvalue weighted by atomic mass is 10.1. The minimum atomic E-state index is -0.108. The van der Waals surface area contributed by atoms with Gasteiger partial charge in [0.2, 0.25) is 0 Å². The van der Waals surface area contributed by atoms with Gasteiger partial charge in [-0.05, 0) is 43.5 Å². The van der Waals surface area contributed by atoms with Crippen molar-refractivity contribution in [2.24, 2.45) is 5.73 Å². The van der Waals surface area contributed by atoms with Crippen LogP contribution in [0.25, 0.3) is 0 Å². The van der Waals surface area contributed by atoms with Crippen LogP contribution in [0.5, 0.6) is 0 Å². The van der Waals surface area contributed by atoms with E-state index in [-0.39, 0.29) is 11.7 Å². The Hall–Kier alpha value is -2.57. The van der Waals surface area contributed by atoms with Gasteiger partial charge >= 0.3 is 0 Å². The van der Waals surface area contributed by atoms with Gasteiger partial charge in [0, 0.05) is 11.3 Å². The standard InChI is InChI=1S/C20H19N3OS2/c1-13-7-6-8-14(11-13)19(24)23(15-9-4-3-5-10-15)16-12-17(18(21)22)26-20(16)25-2/h3-12H,1-2H3,(H3,21,22). The summed E-state index contributed by atoms with van der Waals surface area (Å²) in [6.07, 6.45) is 1.96. The number of hydrogen-bond donors (Lipinski definition) is 2. The zero-order valence-corrected chi connectivity index (χ0v) is 16.2. The van der Waals surface area contributed by atoms with E-state index in [1.165, 1.54) is 11.3 Å². The van der Waals surface area contributed by atoms with Crippen LogP contribution in [-0.2, 0) is 0 Å². The first-order valence-electron chi connectivity index (χ1n) is 7.99. The van der Waals surface area contributed by atoms with Crippen LogP contribution >= 0.6 is 23.1 Å². The molecule has 3 N–H and O–H groups in total. The lowest BCUT2D eigenvalue weighted by Gasteiger charge is -2.23. The van der Waals surface area contributed by atoms with Crippen molar-refractivity contribution in [1.29, 1.82) is 5.41 Å². The van der Waals surface area contributed by atoms with Crippen molar-refractivity contribution >= 4 is 46.2 Å². The molecule has 0 spiro atoms. The van der Waals surface area contributed by atoms with Crippen molar-refractivity contribution in [1.82, 2.24) is 0 Å². The topological polar surface area (TPSA) is 70.2 Å². The zero-order chi connectivity index (χ0) is 18.7. The number of carbonyl (C=O) groups excluding carboxylic acids is 1. The van der Waals surface area contributed by atoms with Crippen molar-refractivity contribution in [3.05, 3.63) is 76.7 Å². The fraction of sp³-hybridized carbons (Fsp3) is 0.100. The first-order chi connectivity index (χ1) is 12.5. The summed E-state index contributed by atoms with van der Waals surface area (Å²) < 4.78 is 0.944. The summed E-state index contributed by atoms with van der Waals surface area (Å²) in [5.74, 6) is -0.101. The predicted octanol–water partition coefficient (Wildman–Crippen LogP) is 5.04. The van der Waals surface area contributed by atoms with Crippen LogP contribution < -0.4 is 10.6 Å². The van der Waals surface area contributed by atoms with Gasteiger partial charge in [-0.1, -0.05) is 35.9 Å². The lowest BCUT2D eigenvalue weighted by Crippen LogP contribution is -2.26. The molecule has 0 atom stereocenters. The van der Waals surface area contributed by atoms with Crippen molar-refractivity contribution in [2.45, 2.75) is 11.1 Å². The number of para-hydroxylation sites is 1. The maximum atomic E-state index is 13.4. The van der Waals surface area contributed by atoms with Crippen LogP contribution in [0.2, 0.25) is 0 Å². The van der Waals surface area contributed by atoms with E-state index in [0.717, 1.165) is 21.1 Å². The van der Waals surface area contributed by atoms with E-state index >= 15 is 0 Å². The molecule has 1 heterocycles. The van der Waals surface area contributed by atoms with Gasteiger partial charge in [-0.2, -0.15) is 0 Å². The Morgan fingerprint density at radius 2 is 1.85 bits per heavy atom. The molecule has 0 unspecified atom stereocenters. The molecule has 0 radical (unpaired) electrons. The van der Waals surface area contributed by atoms with Crippen LogP contribution in [-0.4, -0.2) is 18.0 Å². The van der Waals surface area contributed by atoms with Gasteiger partial charge in [-0.3, -0.25) is 15.1 Å². The lowest BCUT2D eigenvalue weighted by molar-refractivity contribution is 0.0999. The monoisotopic (exact) mass is 381 g/mol. The fourth-order valence-corrected chi connectivity index (χ4v) is 4.35. The Morgan fingerprint density at radius 1 is 1.12 bits per heavy atom. The Morgan fingerprint density at radius 3 is 2.46 bits per heavy atom. The zero-order valence-electron chi connectivity index (χ0n) is 14.5. The number of nitrogens with zero attached hydrogens (tertiary/aromatic N) is 1. The molecule has 1 amide bonds. The molecule has 0 aliphatic heterocycles. The molecular formula is C20H19N3OS2. The fourth-order valence-electron chi connectivity index (χ4n) is 2.65. The number of amides is 1. The SMILES string of the molecule is CSc1sc(C(=N)N)cc1N(C(=O)c1cccc(C)c1)c1ccccc1. The number of hydrogen-bond acceptors (Lipinski definition) is 4. The molecule has 1 aromatic heterocycles. The van der Waals surface area contributed by atoms with Crippen LogP contribution in [0.4, 0.5) is 11.4 Å². The van der Waals surface area contributed by atoms with Crippen LogP contribution in [0.3, 0.4) is 0 Å². The first kappa shape index (κ1) is 18.2. The third-order valence-electron chi connectivity index (χ3n) is 3.85. The van der Waals surface area contributed by atoms with Crippen LogP contribution in [0.1, 0.15) is 20.8 Å². The summed E-state index contributed by atoms with van der Waals surface area (Å²) in [5.41, 5.74) is 8.87. The highest BCUT2D eigenvalue weighted by molar-refractivity contribution is 8.00. The average Bonchev–Trinajstić information content (AvgIpc) is 3.07. The molecule has 0 aliphatic rings. The van der Waals surface area contributed by atoms with Crippen molar-refractivity contribution in [3.8, 4) is 0 Å². The number of carbonyl (C=O) groups is 1. The number of aryl methyl sites for hydroxylation is 1. The number of benzene rings is 2. The summed E-state index contributed by atoms with van der Waals surface area (Å²) >= 11 is 2.97. The van der Waals surface area contributed by atoms with Crippen molar-refractivity contribution in [2.75, 3.05) is 11.2 Å². The smallest absolute Gasteiger partial charge is 0.262 e. The van der Waals surface area contributed by atoms with E-state index in [9.17, 15) is 4.79 Å². The molecule has 3 rings (SSSR count). The Bertz CT molecular complexity index is 951. The Balaban J connectivity index is 2.17. The Kier molecular flexibility index (Phi) is 5.44. The van der Waals surface area contributed by atoms with E-state index in [2.05, 4.69) is 0 Å². The third-order valence-corrected chi connectivity index (χ3v) is 6.14. The normalized spacial score (nSPS) is 10.5. The average molecular weight is 382 g/mol. The van der Waals surface area contributed by atoms with Gasteiger partial charge in [0.25, 0.3) is 5.91 Å². The molecule has 3 aromatic rings. The van der Waals surface area contributed by atoms with Crippen LogP contribution in [0, 0.1) is 12.3 Å². The number of thiophene rings is 1. The van der Waals surface area contributed by atoms with E-state index < -0.39 is 0 Å². The summed E-state index contributed by atoms with van der Waals surface area (Å²) in [4.78, 5) is 15.7. The molecule has 0 saturated carbocycles. The first-order valence-corrected chi connectivity index (χ1v) is 10.0. The molecular weight excluding hydrogens is 362 g/mol. The second kappa shape index (κ2) is 7.76. The summed E-state index contributed by atoms with van der Waals surface area (Å²) in [6.45, 7) is 1.97.